The fourth-order valence-corrected chi connectivity index (χ4v) is 12.7. The van der Waals surface area contributed by atoms with Crippen LogP contribution >= 0.6 is 0 Å². The van der Waals surface area contributed by atoms with E-state index in [4.69, 9.17) is 0 Å². The quantitative estimate of drug-likeness (QED) is 0.106. The predicted molar refractivity (Wildman–Crippen MR) is 429 cm³/mol. The third kappa shape index (κ3) is 25.4. The normalized spacial score (nSPS) is 11.3. The van der Waals surface area contributed by atoms with Crippen molar-refractivity contribution < 1.29 is 121 Å². The second kappa shape index (κ2) is 46.5. The van der Waals surface area contributed by atoms with E-state index in [0.717, 1.165) is 127 Å². The molecule has 1 aliphatic rings. The fourth-order valence-electron chi connectivity index (χ4n) is 12.7. The molecule has 1 aliphatic carbocycles. The monoisotopic (exact) mass is 2580 g/mol. The summed E-state index contributed by atoms with van der Waals surface area (Å²) in [7, 11) is 1.95. The maximum absolute atomic E-state index is 4.34. The molecule has 0 N–H and O–H groups in total. The molecule has 9 aromatic carbocycles. The van der Waals surface area contributed by atoms with Crippen molar-refractivity contribution in [2.45, 2.75) is 147 Å². The van der Waals surface area contributed by atoms with Crippen LogP contribution in [0.2, 0.25) is 0 Å². The van der Waals surface area contributed by atoms with Crippen LogP contribution in [-0.2, 0) is 140 Å². The van der Waals surface area contributed by atoms with Crippen molar-refractivity contribution >= 4 is 0 Å². The Bertz CT molecular complexity index is 5270. The summed E-state index contributed by atoms with van der Waals surface area (Å²) < 4.78 is 12.6. The molecular formula is C90H94Ir6N18-6. The molecule has 0 unspecified atom stereocenters. The van der Waals surface area contributed by atoms with E-state index in [-0.39, 0.29) is 126 Å². The van der Waals surface area contributed by atoms with Crippen LogP contribution in [0.1, 0.15) is 130 Å². The van der Waals surface area contributed by atoms with E-state index in [1.807, 2.05) is 222 Å². The first kappa shape index (κ1) is 96.3. The van der Waals surface area contributed by atoms with Gasteiger partial charge in [-0.2, -0.15) is 30.6 Å². The fraction of sp³-hybridized carbons (Fsp3) is 0.267. The van der Waals surface area contributed by atoms with Gasteiger partial charge in [-0.25, -0.2) is 0 Å². The topological polar surface area (TPSA) is 184 Å². The molecule has 16 rings (SSSR count). The minimum Gasteiger partial charge on any atom is -0.354 e. The molecule has 0 saturated heterocycles. The summed E-state index contributed by atoms with van der Waals surface area (Å²) in [5, 5.41) is 50.5. The van der Waals surface area contributed by atoms with Crippen LogP contribution in [0.3, 0.4) is 0 Å². The molecule has 114 heavy (non-hydrogen) atoms. The standard InChI is InChI=1S/C19H20N3.C17H16N3.C16H14N3.C15H18N3.C13H16N3.C10H10N3.6Ir/c1-14-20-21-18(15-8-6-5-7-9-15)22(14)17-12-10-16(11-13-17)19(2,3)4;1-12-9-13(2)11-16(10-12)20-14(3)18-19-17(20)15-7-5-4-6-8-15;1-12-8-10-14(11-9-12)16-18-17-13(2)19(16)15-6-4-3-5-7-15;1-12-16-17-15(13-8-4-2-5-9-13)18(12)14-10-6-3-7-11-14;1-10(2)9-16-11(3)14-15-13(16)12-7-5-4-6-8-12;1-8-11-12-10(13(8)2)9-6-4-3-5-7-9;;;;;;/h5-8,10-13H,1-4H3;4-7,9-11H,1-3H3;3-10H,1-2H3;2,4-5,8,14H,3,6-7,10-11H2,1H3;4-7,10H,9H2,1-3H3;3-6H,1-2H3;;;;;;/q6*-1;;;;;;. The van der Waals surface area contributed by atoms with Crippen molar-refractivity contribution in [3.63, 3.8) is 0 Å². The summed E-state index contributed by atoms with van der Waals surface area (Å²) in [4.78, 5) is 0. The van der Waals surface area contributed by atoms with E-state index in [0.29, 0.717) is 12.0 Å². The van der Waals surface area contributed by atoms with Gasteiger partial charge in [-0.05, 0) is 133 Å². The van der Waals surface area contributed by atoms with Crippen LogP contribution in [0.5, 0.6) is 0 Å². The summed E-state index contributed by atoms with van der Waals surface area (Å²) in [6.07, 6.45) is 6.50. The van der Waals surface area contributed by atoms with E-state index in [1.54, 1.807) is 0 Å². The van der Waals surface area contributed by atoms with Crippen LogP contribution < -0.4 is 0 Å². The summed E-state index contributed by atoms with van der Waals surface area (Å²) >= 11 is 0. The van der Waals surface area contributed by atoms with Crippen molar-refractivity contribution in [2.24, 2.45) is 13.0 Å². The second-order valence-electron chi connectivity index (χ2n) is 28.3. The van der Waals surface area contributed by atoms with E-state index < -0.39 is 0 Å². The first-order valence-corrected chi connectivity index (χ1v) is 36.7. The SMILES string of the molecule is Cc1c[c-]c(-c2nnc(C)n2-c2ccccc2)cc1.Cc1cc(C)cc(-n2c(C)nnc2-c2[c-]cccc2)c1.Cc1nnc(-c2[c-]cccc2)n1-c1ccc(C(C)(C)C)cc1.Cc1nnc(-c2[c-]cccc2)n1C.Cc1nnc(-c2[c-]cccc2)n1C1CCCCC1.Cc1nnc(-c2[c-]cccc2)n1CC(C)C.[Ir].[Ir].[Ir].[Ir].[Ir].[Ir]. The number of nitrogens with zero attached hydrogens (tertiary/aromatic N) is 18. The maximum atomic E-state index is 4.34. The van der Waals surface area contributed by atoms with E-state index in [9.17, 15) is 0 Å². The van der Waals surface area contributed by atoms with Gasteiger partial charge in [0.25, 0.3) is 0 Å². The van der Waals surface area contributed by atoms with Crippen LogP contribution in [0.15, 0.2) is 212 Å². The molecule has 6 aromatic heterocycles. The minimum atomic E-state index is 0. The molecule has 15 aromatic rings. The van der Waals surface area contributed by atoms with Gasteiger partial charge in [0.15, 0.2) is 0 Å². The van der Waals surface area contributed by atoms with Crippen molar-refractivity contribution in [3.05, 3.63) is 306 Å². The number of hydrogen-bond acceptors (Lipinski definition) is 12. The number of para-hydroxylation sites is 1. The molecule has 0 amide bonds. The van der Waals surface area contributed by atoms with Gasteiger partial charge in [-0.15, -0.1) is 245 Å². The van der Waals surface area contributed by atoms with E-state index in [1.165, 1.54) is 54.4 Å². The van der Waals surface area contributed by atoms with Crippen LogP contribution in [0.4, 0.5) is 0 Å². The average molecular weight is 2580 g/mol. The van der Waals surface area contributed by atoms with Gasteiger partial charge < -0.3 is 27.4 Å². The van der Waals surface area contributed by atoms with Gasteiger partial charge in [-0.3, -0.25) is 0 Å². The molecule has 18 nitrogen and oxygen atoms in total. The zero-order valence-corrected chi connectivity index (χ0v) is 81.0. The molecule has 604 valence electrons. The molecule has 6 heterocycles. The smallest absolute Gasteiger partial charge is 0.125 e. The average Bonchev–Trinajstić information content (AvgIpc) is 1.64. The van der Waals surface area contributed by atoms with Crippen molar-refractivity contribution in [1.82, 2.24) is 88.6 Å². The molecule has 6 radical (unpaired) electrons. The van der Waals surface area contributed by atoms with Gasteiger partial charge in [0.05, 0.1) is 34.9 Å². The molecule has 0 spiro atoms. The first-order valence-electron chi connectivity index (χ1n) is 36.7. The van der Waals surface area contributed by atoms with E-state index in [2.05, 4.69) is 219 Å². The Labute approximate surface area is 753 Å². The van der Waals surface area contributed by atoms with E-state index >= 15 is 0 Å². The molecular weight excluding hydrogens is 2490 g/mol. The number of hydrogen-bond donors (Lipinski definition) is 0. The molecule has 1 fully saturated rings. The zero-order valence-electron chi connectivity index (χ0n) is 66.7. The number of aryl methyl sites for hydroxylation is 9. The Kier molecular flexibility index (Phi) is 39.2. The third-order valence-electron chi connectivity index (χ3n) is 18.3. The Morgan fingerprint density at radius 3 is 1.12 bits per heavy atom. The van der Waals surface area contributed by atoms with Crippen LogP contribution in [0, 0.1) is 105 Å². The zero-order chi connectivity index (χ0) is 76.3. The Balaban J connectivity index is 0.000000243. The molecule has 1 saturated carbocycles. The van der Waals surface area contributed by atoms with Crippen LogP contribution in [0.25, 0.3) is 85.4 Å². The van der Waals surface area contributed by atoms with Gasteiger partial charge in [0.1, 0.15) is 34.9 Å². The Morgan fingerprint density at radius 1 is 0.342 bits per heavy atom. The van der Waals surface area contributed by atoms with Crippen molar-refractivity contribution in [2.75, 3.05) is 0 Å². The number of rotatable bonds is 12. The van der Waals surface area contributed by atoms with Crippen molar-refractivity contribution in [1.29, 1.82) is 0 Å². The summed E-state index contributed by atoms with van der Waals surface area (Å²) in [6, 6.07) is 90.4. The maximum Gasteiger partial charge on any atom is 0.125 e. The molecule has 0 bridgehead atoms. The molecule has 0 atom stereocenters. The first-order chi connectivity index (χ1) is 52.2. The summed E-state index contributed by atoms with van der Waals surface area (Å²) in [5.74, 6) is 11.3. The van der Waals surface area contributed by atoms with Gasteiger partial charge in [0.2, 0.25) is 0 Å². The van der Waals surface area contributed by atoms with Gasteiger partial charge >= 0.3 is 0 Å². The summed E-state index contributed by atoms with van der Waals surface area (Å²) in [5.41, 5.74) is 14.2. The van der Waals surface area contributed by atoms with Gasteiger partial charge in [0, 0.05) is 157 Å². The van der Waals surface area contributed by atoms with Crippen molar-refractivity contribution in [3.8, 4) is 85.4 Å². The molecule has 24 heteroatoms. The van der Waals surface area contributed by atoms with Crippen LogP contribution in [-0.4, -0.2) is 88.6 Å². The minimum absolute atomic E-state index is 0. The van der Waals surface area contributed by atoms with Gasteiger partial charge in [-0.1, -0.05) is 97.2 Å². The largest absolute Gasteiger partial charge is 0.354 e. The Morgan fingerprint density at radius 2 is 0.711 bits per heavy atom. The third-order valence-corrected chi connectivity index (χ3v) is 18.3. The second-order valence-corrected chi connectivity index (χ2v) is 28.3. The Hall–Kier alpha value is -8.28. The summed E-state index contributed by atoms with van der Waals surface area (Å²) in [6.45, 7) is 30.1. The number of benzene rings is 9. The number of aromatic nitrogens is 18. The molecule has 0 aliphatic heterocycles. The predicted octanol–water partition coefficient (Wildman–Crippen LogP) is 19.2.